The number of carbonyl (C=O) groups is 2. The molecule has 0 aromatic carbocycles. The van der Waals surface area contributed by atoms with Crippen LogP contribution in [0, 0.1) is 5.92 Å². The summed E-state index contributed by atoms with van der Waals surface area (Å²) in [4.78, 5) is 24.0. The van der Waals surface area contributed by atoms with Crippen molar-refractivity contribution in [2.75, 3.05) is 0 Å². The van der Waals surface area contributed by atoms with E-state index in [2.05, 4.69) is 6.58 Å². The first-order valence-corrected chi connectivity index (χ1v) is 5.06. The highest BCUT2D eigenvalue weighted by Crippen LogP contribution is 2.31. The summed E-state index contributed by atoms with van der Waals surface area (Å²) in [7, 11) is 0. The molecule has 0 unspecified atom stereocenters. The van der Waals surface area contributed by atoms with E-state index < -0.39 is 12.3 Å². The molecule has 16 heavy (non-hydrogen) atoms. The second-order valence-electron chi connectivity index (χ2n) is 4.04. The van der Waals surface area contributed by atoms with Crippen LogP contribution in [0.1, 0.15) is 13.3 Å². The normalized spacial score (nSPS) is 34.5. The molecular weight excluding hydrogens is 210 g/mol. The van der Waals surface area contributed by atoms with Crippen molar-refractivity contribution in [3.05, 3.63) is 24.6 Å². The van der Waals surface area contributed by atoms with Gasteiger partial charge in [-0.05, 0) is 6.08 Å². The summed E-state index contributed by atoms with van der Waals surface area (Å²) in [6.45, 7) is 5.34. The Morgan fingerprint density at radius 3 is 2.75 bits per heavy atom. The van der Waals surface area contributed by atoms with Gasteiger partial charge in [-0.25, -0.2) is 0 Å². The highest BCUT2D eigenvalue weighted by molar-refractivity contribution is 6.06. The molecule has 2 aliphatic rings. The van der Waals surface area contributed by atoms with Gasteiger partial charge in [0, 0.05) is 12.1 Å². The summed E-state index contributed by atoms with van der Waals surface area (Å²) in [5, 5.41) is 9.65. The number of hydrogen-bond acceptors (Lipinski definition) is 4. The number of rotatable bonds is 1. The molecule has 86 valence electrons. The SMILES string of the molecule is C=C1O[C@@H](N2C=CC(=O)CC2=O)[C@@H](C)[C@@H]1O. The molecule has 2 aliphatic heterocycles. The molecule has 0 radical (unpaired) electrons. The Hall–Kier alpha value is -1.62. The van der Waals surface area contributed by atoms with Gasteiger partial charge in [-0.15, -0.1) is 0 Å². The zero-order valence-corrected chi connectivity index (χ0v) is 8.92. The number of aliphatic hydroxyl groups excluding tert-OH is 1. The summed E-state index contributed by atoms with van der Waals surface area (Å²) in [5.41, 5.74) is 0. The predicted molar refractivity (Wildman–Crippen MR) is 54.8 cm³/mol. The standard InChI is InChI=1S/C11H13NO4/c1-6-10(15)7(2)16-11(6)12-4-3-8(13)5-9(12)14/h3-4,6,10-11,15H,2,5H2,1H3/t6-,10-,11+/m0/s1. The van der Waals surface area contributed by atoms with Crippen LogP contribution in [0.3, 0.4) is 0 Å². The molecule has 3 atom stereocenters. The Morgan fingerprint density at radius 1 is 1.56 bits per heavy atom. The molecule has 2 rings (SSSR count). The second kappa shape index (κ2) is 3.75. The quantitative estimate of drug-likeness (QED) is 0.643. The number of amides is 1. The molecule has 1 N–H and O–H groups in total. The molecule has 2 heterocycles. The molecule has 1 fully saturated rings. The summed E-state index contributed by atoms with van der Waals surface area (Å²) in [6, 6.07) is 0. The van der Waals surface area contributed by atoms with E-state index in [0.29, 0.717) is 0 Å². The molecule has 5 nitrogen and oxygen atoms in total. The van der Waals surface area contributed by atoms with Crippen molar-refractivity contribution in [2.24, 2.45) is 5.92 Å². The van der Waals surface area contributed by atoms with Crippen LogP contribution in [0.5, 0.6) is 0 Å². The number of hydrogen-bond donors (Lipinski definition) is 1. The maximum absolute atomic E-state index is 11.6. The molecule has 1 amide bonds. The number of carbonyl (C=O) groups excluding carboxylic acids is 2. The molecule has 0 saturated carbocycles. The van der Waals surface area contributed by atoms with E-state index in [1.165, 1.54) is 17.2 Å². The van der Waals surface area contributed by atoms with E-state index in [1.54, 1.807) is 6.92 Å². The molecule has 0 aromatic heterocycles. The molecule has 0 aliphatic carbocycles. The summed E-state index contributed by atoms with van der Waals surface area (Å²) in [5.74, 6) is -0.526. The highest BCUT2D eigenvalue weighted by atomic mass is 16.5. The van der Waals surface area contributed by atoms with Crippen molar-refractivity contribution in [1.82, 2.24) is 4.90 Å². The van der Waals surface area contributed by atoms with E-state index in [-0.39, 0.29) is 29.8 Å². The van der Waals surface area contributed by atoms with Crippen molar-refractivity contribution in [3.8, 4) is 0 Å². The van der Waals surface area contributed by atoms with Crippen LogP contribution in [-0.2, 0) is 14.3 Å². The number of ketones is 1. The predicted octanol–water partition coefficient (Wildman–Crippen LogP) is 0.168. The van der Waals surface area contributed by atoms with Crippen LogP contribution in [0.25, 0.3) is 0 Å². The first kappa shape index (κ1) is 10.9. The average Bonchev–Trinajstić information content (AvgIpc) is 2.46. The third kappa shape index (κ3) is 1.63. The number of ether oxygens (including phenoxy) is 1. The van der Waals surface area contributed by atoms with Crippen molar-refractivity contribution in [2.45, 2.75) is 25.7 Å². The summed E-state index contributed by atoms with van der Waals surface area (Å²) < 4.78 is 5.33. The van der Waals surface area contributed by atoms with Gasteiger partial charge in [0.05, 0.1) is 6.42 Å². The Labute approximate surface area is 93.0 Å². The van der Waals surface area contributed by atoms with Crippen LogP contribution < -0.4 is 0 Å². The summed E-state index contributed by atoms with van der Waals surface area (Å²) in [6.07, 6.45) is 1.25. The Balaban J connectivity index is 2.20. The molecule has 5 heteroatoms. The number of allylic oxidation sites excluding steroid dienone is 1. The number of nitrogens with zero attached hydrogens (tertiary/aromatic N) is 1. The van der Waals surface area contributed by atoms with Crippen LogP contribution in [0.15, 0.2) is 24.6 Å². The van der Waals surface area contributed by atoms with Gasteiger partial charge >= 0.3 is 0 Å². The number of aliphatic hydroxyl groups is 1. The van der Waals surface area contributed by atoms with Crippen molar-refractivity contribution in [1.29, 1.82) is 0 Å². The minimum Gasteiger partial charge on any atom is -0.472 e. The van der Waals surface area contributed by atoms with Crippen molar-refractivity contribution >= 4 is 11.7 Å². The van der Waals surface area contributed by atoms with E-state index in [9.17, 15) is 14.7 Å². The molecular formula is C11H13NO4. The molecule has 0 spiro atoms. The van der Waals surface area contributed by atoms with E-state index >= 15 is 0 Å². The fraction of sp³-hybridized carbons (Fsp3) is 0.455. The van der Waals surface area contributed by atoms with Gasteiger partial charge in [-0.3, -0.25) is 14.5 Å². The smallest absolute Gasteiger partial charge is 0.237 e. The van der Waals surface area contributed by atoms with Crippen molar-refractivity contribution < 1.29 is 19.4 Å². The first-order valence-electron chi connectivity index (χ1n) is 5.06. The van der Waals surface area contributed by atoms with Gasteiger partial charge in [-0.1, -0.05) is 13.5 Å². The zero-order chi connectivity index (χ0) is 11.9. The Morgan fingerprint density at radius 2 is 2.25 bits per heavy atom. The zero-order valence-electron chi connectivity index (χ0n) is 8.92. The van der Waals surface area contributed by atoms with Crippen LogP contribution in [0.4, 0.5) is 0 Å². The third-order valence-corrected chi connectivity index (χ3v) is 2.86. The molecule has 0 aromatic rings. The minimum absolute atomic E-state index is 0.147. The van der Waals surface area contributed by atoms with Crippen LogP contribution >= 0.6 is 0 Å². The lowest BCUT2D eigenvalue weighted by Crippen LogP contribution is -2.42. The van der Waals surface area contributed by atoms with Crippen molar-refractivity contribution in [3.63, 3.8) is 0 Å². The van der Waals surface area contributed by atoms with Gasteiger partial charge in [0.25, 0.3) is 0 Å². The first-order chi connectivity index (χ1) is 7.50. The van der Waals surface area contributed by atoms with Gasteiger partial charge in [0.15, 0.2) is 12.0 Å². The second-order valence-corrected chi connectivity index (χ2v) is 4.04. The third-order valence-electron chi connectivity index (χ3n) is 2.86. The monoisotopic (exact) mass is 223 g/mol. The van der Waals surface area contributed by atoms with Crippen LogP contribution in [0.2, 0.25) is 0 Å². The average molecular weight is 223 g/mol. The fourth-order valence-electron chi connectivity index (χ4n) is 1.86. The fourth-order valence-corrected chi connectivity index (χ4v) is 1.86. The van der Waals surface area contributed by atoms with E-state index in [4.69, 9.17) is 4.74 Å². The van der Waals surface area contributed by atoms with Gasteiger partial charge < -0.3 is 9.84 Å². The lowest BCUT2D eigenvalue weighted by Gasteiger charge is -2.29. The largest absolute Gasteiger partial charge is 0.472 e. The Bertz CT molecular complexity index is 387. The maximum atomic E-state index is 11.6. The molecule has 1 saturated heterocycles. The molecule has 0 bridgehead atoms. The van der Waals surface area contributed by atoms with Gasteiger partial charge in [0.1, 0.15) is 11.9 Å². The van der Waals surface area contributed by atoms with Crippen LogP contribution in [-0.4, -0.2) is 34.0 Å². The lowest BCUT2D eigenvalue weighted by atomic mass is 10.0. The maximum Gasteiger partial charge on any atom is 0.237 e. The van der Waals surface area contributed by atoms with Gasteiger partial charge in [-0.2, -0.15) is 0 Å². The van der Waals surface area contributed by atoms with E-state index in [0.717, 1.165) is 0 Å². The highest BCUT2D eigenvalue weighted by Gasteiger charge is 2.42. The minimum atomic E-state index is -0.774. The topological polar surface area (TPSA) is 66.8 Å². The Kier molecular flexibility index (Phi) is 2.55. The van der Waals surface area contributed by atoms with E-state index in [1.807, 2.05) is 0 Å². The lowest BCUT2D eigenvalue weighted by molar-refractivity contribution is -0.141. The van der Waals surface area contributed by atoms with Gasteiger partial charge in [0.2, 0.25) is 5.91 Å². The summed E-state index contributed by atoms with van der Waals surface area (Å²) >= 11 is 0.